The van der Waals surface area contributed by atoms with Gasteiger partial charge in [-0.1, -0.05) is 0 Å². The fraction of sp³-hybridized carbons (Fsp3) is 0.538. The summed E-state index contributed by atoms with van der Waals surface area (Å²) in [7, 11) is 0. The third-order valence-corrected chi connectivity index (χ3v) is 3.59. The summed E-state index contributed by atoms with van der Waals surface area (Å²) in [4.78, 5) is 0. The predicted molar refractivity (Wildman–Crippen MR) is 62.6 cm³/mol. The largest absolute Gasteiger partial charge is 0.493 e. The second-order valence-electron chi connectivity index (χ2n) is 4.70. The Hall–Kier alpha value is -1.43. The first-order valence-corrected chi connectivity index (χ1v) is 6.27. The molecule has 0 radical (unpaired) electrons. The molecular formula is C13H14F3NO2. The first-order chi connectivity index (χ1) is 9.04. The zero-order chi connectivity index (χ0) is 13.6. The van der Waals surface area contributed by atoms with Crippen LogP contribution in [0.3, 0.4) is 0 Å². The van der Waals surface area contributed by atoms with Gasteiger partial charge in [0.05, 0.1) is 13.2 Å². The molecule has 1 aromatic carbocycles. The van der Waals surface area contributed by atoms with Crippen molar-refractivity contribution in [1.29, 1.82) is 0 Å². The molecule has 0 spiro atoms. The summed E-state index contributed by atoms with van der Waals surface area (Å²) < 4.78 is 50.5. The molecule has 3 nitrogen and oxygen atoms in total. The Kier molecular flexibility index (Phi) is 2.85. The van der Waals surface area contributed by atoms with Crippen LogP contribution in [0.2, 0.25) is 0 Å². The molecule has 0 saturated carbocycles. The van der Waals surface area contributed by atoms with E-state index in [-0.39, 0.29) is 17.7 Å². The third-order valence-electron chi connectivity index (χ3n) is 3.59. The zero-order valence-electron chi connectivity index (χ0n) is 10.3. The molecule has 2 aliphatic rings. The number of nitrogens with two attached hydrogens (primary N) is 1. The van der Waals surface area contributed by atoms with Gasteiger partial charge in [0, 0.05) is 29.5 Å². The molecule has 6 heteroatoms. The molecule has 0 aliphatic carbocycles. The average molecular weight is 273 g/mol. The van der Waals surface area contributed by atoms with E-state index in [1.165, 1.54) is 0 Å². The average Bonchev–Trinajstić information content (AvgIpc) is 2.94. The summed E-state index contributed by atoms with van der Waals surface area (Å²) in [5.41, 5.74) is 6.57. The van der Waals surface area contributed by atoms with E-state index in [0.717, 1.165) is 5.56 Å². The van der Waals surface area contributed by atoms with Crippen LogP contribution in [-0.4, -0.2) is 19.8 Å². The van der Waals surface area contributed by atoms with Crippen molar-refractivity contribution in [2.75, 3.05) is 19.8 Å². The van der Waals surface area contributed by atoms with E-state index in [1.54, 1.807) is 0 Å². The zero-order valence-corrected chi connectivity index (χ0v) is 10.3. The highest BCUT2D eigenvalue weighted by Crippen LogP contribution is 2.50. The summed E-state index contributed by atoms with van der Waals surface area (Å²) >= 11 is 0. The Morgan fingerprint density at radius 3 is 2.26 bits per heavy atom. The molecule has 19 heavy (non-hydrogen) atoms. The second-order valence-corrected chi connectivity index (χ2v) is 4.70. The van der Waals surface area contributed by atoms with E-state index in [9.17, 15) is 13.2 Å². The maximum absolute atomic E-state index is 13.3. The quantitative estimate of drug-likeness (QED) is 0.897. The van der Waals surface area contributed by atoms with Crippen molar-refractivity contribution < 1.29 is 22.6 Å². The van der Waals surface area contributed by atoms with Crippen LogP contribution in [0.25, 0.3) is 0 Å². The van der Waals surface area contributed by atoms with Gasteiger partial charge in [0.25, 0.3) is 0 Å². The smallest absolute Gasteiger partial charge is 0.420 e. The maximum atomic E-state index is 13.3. The molecule has 0 amide bonds. The molecule has 2 N–H and O–H groups in total. The molecule has 0 atom stereocenters. The Bertz CT molecular complexity index is 491. The highest BCUT2D eigenvalue weighted by molar-refractivity contribution is 5.63. The van der Waals surface area contributed by atoms with Gasteiger partial charge in [-0.2, -0.15) is 13.2 Å². The molecule has 0 aromatic heterocycles. The summed E-state index contributed by atoms with van der Waals surface area (Å²) in [6, 6.07) is 0. The van der Waals surface area contributed by atoms with Crippen LogP contribution in [0.15, 0.2) is 0 Å². The van der Waals surface area contributed by atoms with Crippen molar-refractivity contribution in [2.24, 2.45) is 5.73 Å². The Balaban J connectivity index is 2.28. The lowest BCUT2D eigenvalue weighted by atomic mass is 9.92. The summed E-state index contributed by atoms with van der Waals surface area (Å²) in [6.45, 7) is 0.964. The molecule has 0 fully saturated rings. The van der Waals surface area contributed by atoms with Gasteiger partial charge in [0.2, 0.25) is 0 Å². The van der Waals surface area contributed by atoms with Crippen molar-refractivity contribution >= 4 is 0 Å². The van der Waals surface area contributed by atoms with E-state index >= 15 is 0 Å². The van der Waals surface area contributed by atoms with E-state index in [2.05, 4.69) is 0 Å². The molecule has 0 saturated heterocycles. The highest BCUT2D eigenvalue weighted by Gasteiger charge is 2.43. The van der Waals surface area contributed by atoms with Crippen LogP contribution in [-0.2, 0) is 25.4 Å². The number of halogens is 3. The van der Waals surface area contributed by atoms with Gasteiger partial charge in [-0.15, -0.1) is 0 Å². The number of benzene rings is 1. The van der Waals surface area contributed by atoms with E-state index < -0.39 is 11.7 Å². The van der Waals surface area contributed by atoms with Gasteiger partial charge in [0.1, 0.15) is 17.1 Å². The lowest BCUT2D eigenvalue weighted by Crippen LogP contribution is -2.13. The fourth-order valence-corrected chi connectivity index (χ4v) is 2.91. The lowest BCUT2D eigenvalue weighted by molar-refractivity contribution is -0.139. The predicted octanol–water partition coefficient (Wildman–Crippen LogP) is 2.08. The Labute approximate surface area is 108 Å². The number of fused-ring (bicyclic) bond motifs is 2. The van der Waals surface area contributed by atoms with Gasteiger partial charge < -0.3 is 15.2 Å². The molecule has 2 aliphatic heterocycles. The second kappa shape index (κ2) is 4.30. The lowest BCUT2D eigenvalue weighted by Gasteiger charge is -2.18. The molecule has 2 heterocycles. The van der Waals surface area contributed by atoms with Crippen molar-refractivity contribution in [2.45, 2.75) is 25.4 Å². The van der Waals surface area contributed by atoms with Crippen LogP contribution in [0.5, 0.6) is 11.5 Å². The molecule has 0 bridgehead atoms. The number of rotatable bonds is 2. The van der Waals surface area contributed by atoms with Crippen LogP contribution >= 0.6 is 0 Å². The monoisotopic (exact) mass is 273 g/mol. The summed E-state index contributed by atoms with van der Waals surface area (Å²) in [5.74, 6) is 0.391. The minimum atomic E-state index is -4.41. The molecule has 0 unspecified atom stereocenters. The molecular weight excluding hydrogens is 259 g/mol. The van der Waals surface area contributed by atoms with Gasteiger partial charge in [-0.05, 0) is 13.0 Å². The molecule has 104 valence electrons. The van der Waals surface area contributed by atoms with Crippen molar-refractivity contribution in [1.82, 2.24) is 0 Å². The first-order valence-electron chi connectivity index (χ1n) is 6.27. The van der Waals surface area contributed by atoms with Crippen molar-refractivity contribution in [3.8, 4) is 11.5 Å². The topological polar surface area (TPSA) is 44.5 Å². The number of alkyl halides is 3. The molecule has 1 aromatic rings. The van der Waals surface area contributed by atoms with Gasteiger partial charge in [-0.3, -0.25) is 0 Å². The van der Waals surface area contributed by atoms with E-state index in [1.807, 2.05) is 0 Å². The number of hydrogen-bond acceptors (Lipinski definition) is 3. The van der Waals surface area contributed by atoms with Gasteiger partial charge >= 0.3 is 6.18 Å². The highest BCUT2D eigenvalue weighted by atomic mass is 19.4. The maximum Gasteiger partial charge on any atom is 0.420 e. The molecule has 3 rings (SSSR count). The third kappa shape index (κ3) is 1.85. The summed E-state index contributed by atoms with van der Waals surface area (Å²) in [6.07, 6.45) is -3.12. The van der Waals surface area contributed by atoms with E-state index in [4.69, 9.17) is 15.2 Å². The van der Waals surface area contributed by atoms with Crippen molar-refractivity contribution in [3.05, 3.63) is 22.3 Å². The van der Waals surface area contributed by atoms with Crippen LogP contribution in [0, 0.1) is 0 Å². The van der Waals surface area contributed by atoms with Gasteiger partial charge in [-0.25, -0.2) is 0 Å². The minimum absolute atomic E-state index is 0.000185. The Morgan fingerprint density at radius 2 is 1.63 bits per heavy atom. The number of ether oxygens (including phenoxy) is 2. The van der Waals surface area contributed by atoms with Crippen LogP contribution in [0.4, 0.5) is 13.2 Å². The standard InChI is InChI=1S/C13H14F3NO2/c14-13(15,16)10-9-3-6-18-11(9)7(1-4-17)8-2-5-19-12(8)10/h1-6,17H2. The SMILES string of the molecule is NCCc1c2c(c(C(F)(F)F)c3c1OCC3)OCC2. The van der Waals surface area contributed by atoms with Crippen molar-refractivity contribution in [3.63, 3.8) is 0 Å². The van der Waals surface area contributed by atoms with Crippen LogP contribution < -0.4 is 15.2 Å². The number of hydrogen-bond donors (Lipinski definition) is 1. The minimum Gasteiger partial charge on any atom is -0.493 e. The summed E-state index contributed by atoms with van der Waals surface area (Å²) in [5, 5.41) is 0. The first kappa shape index (κ1) is 12.6. The Morgan fingerprint density at radius 1 is 1.00 bits per heavy atom. The normalized spacial score (nSPS) is 16.8. The van der Waals surface area contributed by atoms with Crippen LogP contribution in [0.1, 0.15) is 22.3 Å². The fourth-order valence-electron chi connectivity index (χ4n) is 2.91. The van der Waals surface area contributed by atoms with Gasteiger partial charge in [0.15, 0.2) is 0 Å². The van der Waals surface area contributed by atoms with E-state index in [0.29, 0.717) is 43.9 Å².